The first-order valence-corrected chi connectivity index (χ1v) is 13.0. The zero-order valence-electron chi connectivity index (χ0n) is 21.6. The lowest BCUT2D eigenvalue weighted by Gasteiger charge is -2.43. The van der Waals surface area contributed by atoms with Gasteiger partial charge in [0.1, 0.15) is 17.7 Å². The second kappa shape index (κ2) is 10.4. The average Bonchev–Trinajstić information content (AvgIpc) is 3.62. The summed E-state index contributed by atoms with van der Waals surface area (Å²) in [6.45, 7) is 6.43. The zero-order valence-corrected chi connectivity index (χ0v) is 21.6. The number of amides is 1. The van der Waals surface area contributed by atoms with E-state index in [0.29, 0.717) is 19.1 Å². The molecule has 200 valence electrons. The minimum Gasteiger partial charge on any atom is -0.371 e. The molecule has 5 rings (SSSR count). The Bertz CT molecular complexity index is 1120. The number of nitrogens with one attached hydrogen (secondary N) is 1. The Morgan fingerprint density at radius 2 is 1.81 bits per heavy atom. The molecule has 0 aromatic heterocycles. The number of ether oxygens (including phenoxy) is 4. The van der Waals surface area contributed by atoms with E-state index >= 15 is 0 Å². The number of hydrogen-bond acceptors (Lipinski definition) is 5. The van der Waals surface area contributed by atoms with Crippen molar-refractivity contribution in [2.75, 3.05) is 6.54 Å². The van der Waals surface area contributed by atoms with Crippen LogP contribution in [-0.4, -0.2) is 42.2 Å². The van der Waals surface area contributed by atoms with E-state index in [1.54, 1.807) is 0 Å². The molecule has 8 heteroatoms. The van der Waals surface area contributed by atoms with Crippen molar-refractivity contribution < 1.29 is 32.5 Å². The first-order chi connectivity index (χ1) is 17.6. The molecule has 2 saturated carbocycles. The Labute approximate surface area is 216 Å². The maximum Gasteiger partial charge on any atom is 0.252 e. The van der Waals surface area contributed by atoms with Crippen molar-refractivity contribution in [2.45, 2.75) is 89.4 Å². The second-order valence-corrected chi connectivity index (χ2v) is 11.1. The quantitative estimate of drug-likeness (QED) is 0.512. The van der Waals surface area contributed by atoms with Crippen LogP contribution in [0.4, 0.5) is 8.78 Å². The van der Waals surface area contributed by atoms with Gasteiger partial charge in [-0.05, 0) is 51.2 Å². The van der Waals surface area contributed by atoms with Crippen LogP contribution >= 0.6 is 0 Å². The van der Waals surface area contributed by atoms with Crippen LogP contribution in [0, 0.1) is 24.5 Å². The summed E-state index contributed by atoms with van der Waals surface area (Å²) in [6.07, 6.45) is 1.32. The number of aryl methyl sites for hydroxylation is 1. The summed E-state index contributed by atoms with van der Waals surface area (Å²) >= 11 is 0. The van der Waals surface area contributed by atoms with Crippen LogP contribution < -0.4 is 5.32 Å². The van der Waals surface area contributed by atoms with E-state index in [-0.39, 0.29) is 37.0 Å². The SMILES string of the molecule is Cc1ccc(CO[C@@H]2C[C@](OCc3ccc(F)cc3F)(C(=O)NCC3CC3)C[C@H]3OC(C)(C)O[C@@H]23)cc1. The molecule has 1 saturated heterocycles. The Kier molecular flexibility index (Phi) is 7.38. The van der Waals surface area contributed by atoms with E-state index in [0.717, 1.165) is 30.0 Å². The van der Waals surface area contributed by atoms with Crippen LogP contribution in [-0.2, 0) is 37.0 Å². The minimum absolute atomic E-state index is 0.180. The summed E-state index contributed by atoms with van der Waals surface area (Å²) in [5.41, 5.74) is 1.02. The second-order valence-electron chi connectivity index (χ2n) is 11.1. The van der Waals surface area contributed by atoms with Gasteiger partial charge in [0, 0.05) is 31.0 Å². The van der Waals surface area contributed by atoms with Crippen LogP contribution in [0.2, 0.25) is 0 Å². The summed E-state index contributed by atoms with van der Waals surface area (Å²) in [6, 6.07) is 11.4. The molecule has 0 radical (unpaired) electrons. The molecular formula is C29H35F2NO5. The third kappa shape index (κ3) is 6.20. The fourth-order valence-corrected chi connectivity index (χ4v) is 5.17. The summed E-state index contributed by atoms with van der Waals surface area (Å²) in [5.74, 6) is -2.01. The van der Waals surface area contributed by atoms with Crippen LogP contribution in [0.3, 0.4) is 0 Å². The summed E-state index contributed by atoms with van der Waals surface area (Å²) in [7, 11) is 0. The Balaban J connectivity index is 1.40. The van der Waals surface area contributed by atoms with Gasteiger partial charge in [-0.2, -0.15) is 0 Å². The number of halogens is 2. The van der Waals surface area contributed by atoms with Crippen molar-refractivity contribution >= 4 is 5.91 Å². The monoisotopic (exact) mass is 515 g/mol. The number of carbonyl (C=O) groups is 1. The van der Waals surface area contributed by atoms with E-state index < -0.39 is 35.2 Å². The third-order valence-electron chi connectivity index (χ3n) is 7.42. The molecule has 0 spiro atoms. The molecule has 6 nitrogen and oxygen atoms in total. The molecule has 0 bridgehead atoms. The van der Waals surface area contributed by atoms with Crippen molar-refractivity contribution in [2.24, 2.45) is 5.92 Å². The highest BCUT2D eigenvalue weighted by atomic mass is 19.1. The summed E-state index contributed by atoms with van der Waals surface area (Å²) in [5, 5.41) is 3.05. The van der Waals surface area contributed by atoms with E-state index in [4.69, 9.17) is 18.9 Å². The van der Waals surface area contributed by atoms with Crippen LogP contribution in [0.25, 0.3) is 0 Å². The van der Waals surface area contributed by atoms with E-state index in [1.165, 1.54) is 12.1 Å². The molecule has 1 aliphatic heterocycles. The zero-order chi connectivity index (χ0) is 26.2. The van der Waals surface area contributed by atoms with Crippen LogP contribution in [0.15, 0.2) is 42.5 Å². The molecule has 3 fully saturated rings. The molecule has 1 amide bonds. The van der Waals surface area contributed by atoms with Gasteiger partial charge in [-0.25, -0.2) is 8.78 Å². The highest BCUT2D eigenvalue weighted by Gasteiger charge is 2.58. The predicted octanol–water partition coefficient (Wildman–Crippen LogP) is 4.95. The maximum absolute atomic E-state index is 14.4. The summed E-state index contributed by atoms with van der Waals surface area (Å²) < 4.78 is 52.9. The molecule has 1 N–H and O–H groups in total. The van der Waals surface area contributed by atoms with Gasteiger partial charge in [0.25, 0.3) is 5.91 Å². The lowest BCUT2D eigenvalue weighted by molar-refractivity contribution is -0.183. The lowest BCUT2D eigenvalue weighted by atomic mass is 9.78. The van der Waals surface area contributed by atoms with Gasteiger partial charge in [-0.3, -0.25) is 4.79 Å². The average molecular weight is 516 g/mol. The molecule has 37 heavy (non-hydrogen) atoms. The number of rotatable bonds is 9. The number of carbonyl (C=O) groups excluding carboxylic acids is 1. The van der Waals surface area contributed by atoms with E-state index in [9.17, 15) is 13.6 Å². The van der Waals surface area contributed by atoms with E-state index in [2.05, 4.69) is 5.32 Å². The van der Waals surface area contributed by atoms with Gasteiger partial charge in [0.2, 0.25) is 0 Å². The van der Waals surface area contributed by atoms with Gasteiger partial charge in [0.05, 0.1) is 25.4 Å². The maximum atomic E-state index is 14.4. The number of benzene rings is 2. The first-order valence-electron chi connectivity index (χ1n) is 13.0. The van der Waals surface area contributed by atoms with Crippen molar-refractivity contribution in [1.82, 2.24) is 5.32 Å². The van der Waals surface area contributed by atoms with Gasteiger partial charge in [0.15, 0.2) is 11.4 Å². The standard InChI is InChI=1S/C29H35F2NO5/c1-18-4-6-20(7-5-18)16-34-24-13-29(27(33)32-15-19-8-9-19,14-25-26(24)37-28(2,3)36-25)35-17-21-10-11-22(30)12-23(21)31/h4-7,10-12,19,24-26H,8-9,13-17H2,1-3H3,(H,32,33)/t24-,25-,26+,29-/m1/s1. The third-order valence-corrected chi connectivity index (χ3v) is 7.42. The van der Waals surface area contributed by atoms with Gasteiger partial charge in [-0.1, -0.05) is 35.9 Å². The molecular weight excluding hydrogens is 480 g/mol. The first kappa shape index (κ1) is 26.2. The summed E-state index contributed by atoms with van der Waals surface area (Å²) in [4.78, 5) is 13.7. The van der Waals surface area contributed by atoms with Crippen molar-refractivity contribution in [1.29, 1.82) is 0 Å². The van der Waals surface area contributed by atoms with Gasteiger partial charge < -0.3 is 24.3 Å². The lowest BCUT2D eigenvalue weighted by Crippen LogP contribution is -2.60. The fraction of sp³-hybridized carbons (Fsp3) is 0.552. The topological polar surface area (TPSA) is 66.0 Å². The largest absolute Gasteiger partial charge is 0.371 e. The molecule has 2 aliphatic carbocycles. The normalized spacial score (nSPS) is 28.6. The van der Waals surface area contributed by atoms with Crippen molar-refractivity contribution in [3.05, 3.63) is 70.8 Å². The number of fused-ring (bicyclic) bond motifs is 1. The molecule has 0 unspecified atom stereocenters. The predicted molar refractivity (Wildman–Crippen MR) is 132 cm³/mol. The highest BCUT2D eigenvalue weighted by Crippen LogP contribution is 2.44. The van der Waals surface area contributed by atoms with Gasteiger partial charge >= 0.3 is 0 Å². The minimum atomic E-state index is -1.32. The molecule has 3 aliphatic rings. The fourth-order valence-electron chi connectivity index (χ4n) is 5.17. The molecule has 4 atom stereocenters. The smallest absolute Gasteiger partial charge is 0.252 e. The van der Waals surface area contributed by atoms with Gasteiger partial charge in [-0.15, -0.1) is 0 Å². The molecule has 1 heterocycles. The Morgan fingerprint density at radius 3 is 2.51 bits per heavy atom. The van der Waals surface area contributed by atoms with Crippen molar-refractivity contribution in [3.8, 4) is 0 Å². The van der Waals surface area contributed by atoms with Crippen LogP contribution in [0.5, 0.6) is 0 Å². The number of hydrogen-bond donors (Lipinski definition) is 1. The highest BCUT2D eigenvalue weighted by molar-refractivity contribution is 5.85. The molecule has 2 aromatic rings. The van der Waals surface area contributed by atoms with E-state index in [1.807, 2.05) is 45.0 Å². The van der Waals surface area contributed by atoms with Crippen molar-refractivity contribution in [3.63, 3.8) is 0 Å². The van der Waals surface area contributed by atoms with Crippen LogP contribution in [0.1, 0.15) is 56.2 Å². The molecule has 2 aromatic carbocycles. The Hall–Kier alpha value is -2.39. The Morgan fingerprint density at radius 1 is 1.05 bits per heavy atom.